The van der Waals surface area contributed by atoms with E-state index in [2.05, 4.69) is 29.9 Å². The monoisotopic (exact) mass is 268 g/mol. The van der Waals surface area contributed by atoms with Gasteiger partial charge in [-0.25, -0.2) is 9.97 Å². The molecule has 102 valence electrons. The molecule has 0 fully saturated rings. The maximum Gasteiger partial charge on any atom is 0.161 e. The molecule has 0 saturated heterocycles. The highest BCUT2D eigenvalue weighted by Crippen LogP contribution is 2.25. The van der Waals surface area contributed by atoms with Crippen LogP contribution in [0.2, 0.25) is 0 Å². The molecular formula is C15H16N4O. The average Bonchev–Trinajstić information content (AvgIpc) is 2.44. The summed E-state index contributed by atoms with van der Waals surface area (Å²) in [6.07, 6.45) is 1.59. The summed E-state index contributed by atoms with van der Waals surface area (Å²) in [7, 11) is 0. The molecule has 0 spiro atoms. The lowest BCUT2D eigenvalue weighted by Crippen LogP contribution is -2.05. The predicted octanol–water partition coefficient (Wildman–Crippen LogP) is 2.63. The Balaban J connectivity index is 2.32. The third-order valence-corrected chi connectivity index (χ3v) is 2.61. The van der Waals surface area contributed by atoms with E-state index >= 15 is 0 Å². The van der Waals surface area contributed by atoms with Gasteiger partial charge >= 0.3 is 0 Å². The van der Waals surface area contributed by atoms with Crippen LogP contribution in [0.1, 0.15) is 19.4 Å². The number of nitrogen functional groups attached to an aromatic ring is 1. The van der Waals surface area contributed by atoms with E-state index in [1.807, 2.05) is 6.07 Å². The average molecular weight is 268 g/mol. The Kier molecular flexibility index (Phi) is 4.16. The molecule has 1 aromatic carbocycles. The minimum atomic E-state index is 0.397. The van der Waals surface area contributed by atoms with Gasteiger partial charge < -0.3 is 10.5 Å². The molecule has 0 amide bonds. The molecular weight excluding hydrogens is 252 g/mol. The van der Waals surface area contributed by atoms with Crippen molar-refractivity contribution in [2.45, 2.75) is 13.8 Å². The molecule has 2 rings (SSSR count). The lowest BCUT2D eigenvalue weighted by molar-refractivity contribution is 0.270. The highest BCUT2D eigenvalue weighted by atomic mass is 16.5. The van der Waals surface area contributed by atoms with Crippen molar-refractivity contribution in [3.05, 3.63) is 36.0 Å². The van der Waals surface area contributed by atoms with Crippen molar-refractivity contribution in [3.8, 4) is 23.2 Å². The first-order valence-corrected chi connectivity index (χ1v) is 6.36. The van der Waals surface area contributed by atoms with Gasteiger partial charge in [0.1, 0.15) is 17.6 Å². The van der Waals surface area contributed by atoms with Gasteiger partial charge in [-0.15, -0.1) is 0 Å². The summed E-state index contributed by atoms with van der Waals surface area (Å²) in [5.74, 6) is 1.87. The number of hydrogen-bond acceptors (Lipinski definition) is 5. The van der Waals surface area contributed by atoms with Crippen LogP contribution < -0.4 is 10.5 Å². The Morgan fingerprint density at radius 2 is 2.15 bits per heavy atom. The lowest BCUT2D eigenvalue weighted by atomic mass is 10.1. The summed E-state index contributed by atoms with van der Waals surface area (Å²) < 4.78 is 5.62. The van der Waals surface area contributed by atoms with E-state index in [0.29, 0.717) is 35.5 Å². The van der Waals surface area contributed by atoms with Gasteiger partial charge in [-0.1, -0.05) is 13.8 Å². The molecule has 5 heteroatoms. The molecule has 0 aliphatic carbocycles. The van der Waals surface area contributed by atoms with E-state index < -0.39 is 0 Å². The van der Waals surface area contributed by atoms with E-state index in [-0.39, 0.29) is 0 Å². The quantitative estimate of drug-likeness (QED) is 0.921. The van der Waals surface area contributed by atoms with Gasteiger partial charge in [0.25, 0.3) is 0 Å². The first-order valence-electron chi connectivity index (χ1n) is 6.36. The van der Waals surface area contributed by atoms with Crippen LogP contribution in [0.15, 0.2) is 30.5 Å². The predicted molar refractivity (Wildman–Crippen MR) is 76.9 cm³/mol. The second-order valence-corrected chi connectivity index (χ2v) is 4.83. The third-order valence-electron chi connectivity index (χ3n) is 2.61. The van der Waals surface area contributed by atoms with Crippen LogP contribution in [-0.4, -0.2) is 16.6 Å². The Morgan fingerprint density at radius 1 is 1.35 bits per heavy atom. The number of nitriles is 1. The molecule has 2 N–H and O–H groups in total. The third kappa shape index (κ3) is 3.23. The highest BCUT2D eigenvalue weighted by Gasteiger charge is 2.09. The van der Waals surface area contributed by atoms with Crippen molar-refractivity contribution in [1.82, 2.24) is 9.97 Å². The van der Waals surface area contributed by atoms with Crippen LogP contribution in [0.3, 0.4) is 0 Å². The number of hydrogen-bond donors (Lipinski definition) is 1. The first kappa shape index (κ1) is 13.8. The summed E-state index contributed by atoms with van der Waals surface area (Å²) in [5.41, 5.74) is 6.84. The molecule has 0 saturated carbocycles. The zero-order chi connectivity index (χ0) is 14.5. The fourth-order valence-corrected chi connectivity index (χ4v) is 1.65. The molecule has 0 radical (unpaired) electrons. The number of aromatic nitrogens is 2. The van der Waals surface area contributed by atoms with Crippen LogP contribution >= 0.6 is 0 Å². The minimum Gasteiger partial charge on any atom is -0.492 e. The summed E-state index contributed by atoms with van der Waals surface area (Å²) in [5, 5.41) is 9.21. The van der Waals surface area contributed by atoms with E-state index in [1.165, 1.54) is 0 Å². The van der Waals surface area contributed by atoms with Gasteiger partial charge in [-0.3, -0.25) is 0 Å². The van der Waals surface area contributed by atoms with Crippen LogP contribution in [0.4, 0.5) is 5.82 Å². The van der Waals surface area contributed by atoms with Gasteiger partial charge in [0.05, 0.1) is 12.2 Å². The van der Waals surface area contributed by atoms with Crippen molar-refractivity contribution in [3.63, 3.8) is 0 Å². The van der Waals surface area contributed by atoms with Gasteiger partial charge in [-0.05, 0) is 30.2 Å². The molecule has 0 aliphatic rings. The first-order chi connectivity index (χ1) is 9.60. The zero-order valence-corrected chi connectivity index (χ0v) is 11.5. The fraction of sp³-hybridized carbons (Fsp3) is 0.267. The van der Waals surface area contributed by atoms with E-state index in [9.17, 15) is 5.26 Å². The van der Waals surface area contributed by atoms with Gasteiger partial charge in [-0.2, -0.15) is 5.26 Å². The SMILES string of the molecule is CC(C)COc1ccc(-c2nccc(N)n2)cc1C#N. The maximum atomic E-state index is 9.21. The number of nitrogens with two attached hydrogens (primary N) is 1. The van der Waals surface area contributed by atoms with E-state index in [1.54, 1.807) is 24.4 Å². The molecule has 2 aromatic rings. The standard InChI is InChI=1S/C15H16N4O/c1-10(2)9-20-13-4-3-11(7-12(13)8-16)15-18-6-5-14(17)19-15/h3-7,10H,9H2,1-2H3,(H2,17,18,19). The van der Waals surface area contributed by atoms with Gasteiger partial charge in [0, 0.05) is 11.8 Å². The Hall–Kier alpha value is -2.61. The van der Waals surface area contributed by atoms with Crippen molar-refractivity contribution in [2.24, 2.45) is 5.92 Å². The van der Waals surface area contributed by atoms with Crippen LogP contribution in [0.25, 0.3) is 11.4 Å². The molecule has 20 heavy (non-hydrogen) atoms. The number of anilines is 1. The Labute approximate surface area is 118 Å². The molecule has 5 nitrogen and oxygen atoms in total. The second-order valence-electron chi connectivity index (χ2n) is 4.83. The number of benzene rings is 1. The second kappa shape index (κ2) is 6.02. The topological polar surface area (TPSA) is 84.8 Å². The lowest BCUT2D eigenvalue weighted by Gasteiger charge is -2.11. The summed E-state index contributed by atoms with van der Waals surface area (Å²) in [6.45, 7) is 4.69. The summed E-state index contributed by atoms with van der Waals surface area (Å²) in [6, 6.07) is 9.06. The number of nitrogens with zero attached hydrogens (tertiary/aromatic N) is 3. The smallest absolute Gasteiger partial charge is 0.161 e. The minimum absolute atomic E-state index is 0.397. The Morgan fingerprint density at radius 3 is 2.80 bits per heavy atom. The maximum absolute atomic E-state index is 9.21. The van der Waals surface area contributed by atoms with Crippen LogP contribution in [-0.2, 0) is 0 Å². The number of rotatable bonds is 4. The molecule has 0 unspecified atom stereocenters. The van der Waals surface area contributed by atoms with Gasteiger partial charge in [0.2, 0.25) is 0 Å². The molecule has 0 aliphatic heterocycles. The molecule has 1 aromatic heterocycles. The highest BCUT2D eigenvalue weighted by molar-refractivity contribution is 5.62. The zero-order valence-electron chi connectivity index (χ0n) is 11.5. The molecule has 1 heterocycles. The van der Waals surface area contributed by atoms with Crippen molar-refractivity contribution < 1.29 is 4.74 Å². The molecule has 0 bridgehead atoms. The van der Waals surface area contributed by atoms with Crippen LogP contribution in [0.5, 0.6) is 5.75 Å². The number of ether oxygens (including phenoxy) is 1. The van der Waals surface area contributed by atoms with Gasteiger partial charge in [0.15, 0.2) is 5.82 Å². The summed E-state index contributed by atoms with van der Waals surface area (Å²) in [4.78, 5) is 8.29. The van der Waals surface area contributed by atoms with E-state index in [4.69, 9.17) is 10.5 Å². The molecule has 0 atom stereocenters. The van der Waals surface area contributed by atoms with E-state index in [0.717, 1.165) is 5.56 Å². The summed E-state index contributed by atoms with van der Waals surface area (Å²) >= 11 is 0. The normalized spacial score (nSPS) is 10.3. The van der Waals surface area contributed by atoms with Crippen molar-refractivity contribution >= 4 is 5.82 Å². The van der Waals surface area contributed by atoms with Crippen LogP contribution in [0, 0.1) is 17.2 Å². The van der Waals surface area contributed by atoms with Crippen molar-refractivity contribution in [1.29, 1.82) is 5.26 Å². The van der Waals surface area contributed by atoms with Crippen molar-refractivity contribution in [2.75, 3.05) is 12.3 Å². The fourth-order valence-electron chi connectivity index (χ4n) is 1.65. The Bertz CT molecular complexity index is 647. The largest absolute Gasteiger partial charge is 0.492 e.